The van der Waals surface area contributed by atoms with Gasteiger partial charge in [-0.25, -0.2) is 4.98 Å². The van der Waals surface area contributed by atoms with E-state index in [0.717, 1.165) is 28.8 Å². The minimum atomic E-state index is -0.809. The second kappa shape index (κ2) is 6.20. The van der Waals surface area contributed by atoms with Crippen LogP contribution >= 0.6 is 0 Å². The highest BCUT2D eigenvalue weighted by Gasteiger charge is 2.17. The van der Waals surface area contributed by atoms with E-state index in [0.29, 0.717) is 13.0 Å². The van der Waals surface area contributed by atoms with E-state index in [-0.39, 0.29) is 6.54 Å². The molecular weight excluding hydrogens is 252 g/mol. The Bertz CT molecular complexity index is 582. The van der Waals surface area contributed by atoms with Crippen LogP contribution in [0, 0.1) is 6.92 Å². The molecule has 0 saturated heterocycles. The second-order valence-corrected chi connectivity index (χ2v) is 5.43. The number of nitrogens with two attached hydrogens (primary N) is 1. The smallest absolute Gasteiger partial charge is 0.145 e. The van der Waals surface area contributed by atoms with E-state index in [1.54, 1.807) is 6.92 Å². The van der Waals surface area contributed by atoms with Crippen LogP contribution in [0.25, 0.3) is 10.9 Å². The molecule has 1 heterocycles. The predicted molar refractivity (Wildman–Crippen MR) is 80.9 cm³/mol. The maximum Gasteiger partial charge on any atom is 0.145 e. The van der Waals surface area contributed by atoms with Crippen LogP contribution in [0.15, 0.2) is 30.3 Å². The fourth-order valence-corrected chi connectivity index (χ4v) is 2.07. The van der Waals surface area contributed by atoms with Crippen molar-refractivity contribution in [3.05, 3.63) is 36.0 Å². The predicted octanol–water partition coefficient (Wildman–Crippen LogP) is 2.41. The molecule has 2 rings (SSSR count). The quantitative estimate of drug-likeness (QED) is 0.794. The molecule has 0 aliphatic heterocycles. The summed E-state index contributed by atoms with van der Waals surface area (Å²) in [6, 6.07) is 9.95. The number of aromatic nitrogens is 1. The van der Waals surface area contributed by atoms with Crippen molar-refractivity contribution in [2.24, 2.45) is 5.73 Å². The monoisotopic (exact) mass is 274 g/mol. The van der Waals surface area contributed by atoms with E-state index in [2.05, 4.69) is 4.98 Å². The molecule has 0 aliphatic carbocycles. The summed E-state index contributed by atoms with van der Waals surface area (Å²) in [4.78, 5) is 4.52. The highest BCUT2D eigenvalue weighted by Crippen LogP contribution is 2.24. The van der Waals surface area contributed by atoms with Crippen molar-refractivity contribution in [3.8, 4) is 5.75 Å². The van der Waals surface area contributed by atoms with Crippen molar-refractivity contribution in [1.29, 1.82) is 0 Å². The minimum Gasteiger partial charge on any atom is -0.491 e. The van der Waals surface area contributed by atoms with Crippen molar-refractivity contribution >= 4 is 10.9 Å². The van der Waals surface area contributed by atoms with Crippen molar-refractivity contribution in [2.75, 3.05) is 13.2 Å². The molecule has 1 unspecified atom stereocenters. The van der Waals surface area contributed by atoms with Crippen molar-refractivity contribution < 1.29 is 9.84 Å². The van der Waals surface area contributed by atoms with Gasteiger partial charge in [-0.05, 0) is 38.8 Å². The summed E-state index contributed by atoms with van der Waals surface area (Å²) in [6.45, 7) is 4.53. The molecule has 0 radical (unpaired) electrons. The van der Waals surface area contributed by atoms with Crippen molar-refractivity contribution in [3.63, 3.8) is 0 Å². The van der Waals surface area contributed by atoms with Crippen LogP contribution < -0.4 is 10.5 Å². The van der Waals surface area contributed by atoms with Gasteiger partial charge in [-0.1, -0.05) is 18.2 Å². The Morgan fingerprint density at radius 3 is 2.85 bits per heavy atom. The van der Waals surface area contributed by atoms with Crippen LogP contribution in [-0.2, 0) is 0 Å². The summed E-state index contributed by atoms with van der Waals surface area (Å²) in [6.07, 6.45) is 1.38. The number of aliphatic hydroxyl groups is 1. The van der Waals surface area contributed by atoms with E-state index < -0.39 is 5.60 Å². The molecule has 0 fully saturated rings. The molecule has 20 heavy (non-hydrogen) atoms. The molecule has 3 N–H and O–H groups in total. The Labute approximate surface area is 119 Å². The third-order valence-electron chi connectivity index (χ3n) is 3.38. The van der Waals surface area contributed by atoms with E-state index in [1.165, 1.54) is 0 Å². The third kappa shape index (κ3) is 3.68. The SMILES string of the molecule is Cc1ccc2cccc(OCCCC(C)(O)CN)c2n1. The Morgan fingerprint density at radius 2 is 2.10 bits per heavy atom. The van der Waals surface area contributed by atoms with Crippen LogP contribution in [0.5, 0.6) is 5.75 Å². The number of pyridine rings is 1. The van der Waals surface area contributed by atoms with Gasteiger partial charge < -0.3 is 15.6 Å². The van der Waals surface area contributed by atoms with Gasteiger partial charge in [-0.3, -0.25) is 0 Å². The van der Waals surface area contributed by atoms with Gasteiger partial charge in [0.2, 0.25) is 0 Å². The first-order chi connectivity index (χ1) is 9.52. The first-order valence-electron chi connectivity index (χ1n) is 6.93. The maximum atomic E-state index is 9.84. The standard InChI is InChI=1S/C16H22N2O2/c1-12-7-8-13-5-3-6-14(15(13)18-12)20-10-4-9-16(2,19)11-17/h3,5-8,19H,4,9-11,17H2,1-2H3. The molecule has 1 atom stereocenters. The molecule has 0 saturated carbocycles. The fourth-order valence-electron chi connectivity index (χ4n) is 2.07. The first kappa shape index (κ1) is 14.8. The van der Waals surface area contributed by atoms with Crippen molar-refractivity contribution in [2.45, 2.75) is 32.3 Å². The molecule has 0 bridgehead atoms. The van der Waals surface area contributed by atoms with E-state index in [9.17, 15) is 5.11 Å². The topological polar surface area (TPSA) is 68.4 Å². The van der Waals surface area contributed by atoms with Gasteiger partial charge in [0.1, 0.15) is 11.3 Å². The highest BCUT2D eigenvalue weighted by atomic mass is 16.5. The number of nitrogens with zero attached hydrogens (tertiary/aromatic N) is 1. The zero-order valence-electron chi connectivity index (χ0n) is 12.1. The largest absolute Gasteiger partial charge is 0.491 e. The van der Waals surface area contributed by atoms with Gasteiger partial charge in [-0.2, -0.15) is 0 Å². The normalized spacial score (nSPS) is 14.2. The summed E-state index contributed by atoms with van der Waals surface area (Å²) >= 11 is 0. The number of benzene rings is 1. The van der Waals surface area contributed by atoms with Gasteiger partial charge in [0.15, 0.2) is 0 Å². The number of para-hydroxylation sites is 1. The average Bonchev–Trinajstić information content (AvgIpc) is 2.44. The Kier molecular flexibility index (Phi) is 4.57. The highest BCUT2D eigenvalue weighted by molar-refractivity contribution is 5.84. The lowest BCUT2D eigenvalue weighted by atomic mass is 10.0. The van der Waals surface area contributed by atoms with E-state index in [1.807, 2.05) is 37.3 Å². The molecule has 0 amide bonds. The number of rotatable bonds is 6. The van der Waals surface area contributed by atoms with Crippen molar-refractivity contribution in [1.82, 2.24) is 4.98 Å². The summed E-state index contributed by atoms with van der Waals surface area (Å²) in [5.74, 6) is 0.790. The minimum absolute atomic E-state index is 0.266. The van der Waals surface area contributed by atoms with Crippen LogP contribution in [0.4, 0.5) is 0 Å². The Balaban J connectivity index is 2.01. The number of aryl methyl sites for hydroxylation is 1. The lowest BCUT2D eigenvalue weighted by Gasteiger charge is -2.20. The molecule has 4 heteroatoms. The number of hydrogen-bond acceptors (Lipinski definition) is 4. The van der Waals surface area contributed by atoms with Gasteiger partial charge >= 0.3 is 0 Å². The molecular formula is C16H22N2O2. The van der Waals surface area contributed by atoms with Gasteiger partial charge in [0.25, 0.3) is 0 Å². The fraction of sp³-hybridized carbons (Fsp3) is 0.438. The molecule has 2 aromatic rings. The number of hydrogen-bond donors (Lipinski definition) is 2. The van der Waals surface area contributed by atoms with Crippen LogP contribution in [-0.4, -0.2) is 28.8 Å². The maximum absolute atomic E-state index is 9.84. The van der Waals surface area contributed by atoms with Crippen LogP contribution in [0.1, 0.15) is 25.5 Å². The zero-order valence-corrected chi connectivity index (χ0v) is 12.1. The van der Waals surface area contributed by atoms with E-state index >= 15 is 0 Å². The van der Waals surface area contributed by atoms with Gasteiger partial charge in [0.05, 0.1) is 12.2 Å². The molecule has 0 aliphatic rings. The summed E-state index contributed by atoms with van der Waals surface area (Å²) in [7, 11) is 0. The molecule has 4 nitrogen and oxygen atoms in total. The Morgan fingerprint density at radius 1 is 1.30 bits per heavy atom. The van der Waals surface area contributed by atoms with Gasteiger partial charge in [-0.15, -0.1) is 0 Å². The first-order valence-corrected chi connectivity index (χ1v) is 6.93. The zero-order chi connectivity index (χ0) is 14.6. The molecule has 1 aromatic heterocycles. The average molecular weight is 274 g/mol. The number of ether oxygens (including phenoxy) is 1. The van der Waals surface area contributed by atoms with Crippen LogP contribution in [0.3, 0.4) is 0 Å². The molecule has 108 valence electrons. The Hall–Kier alpha value is -1.65. The summed E-state index contributed by atoms with van der Waals surface area (Å²) in [5, 5.41) is 10.9. The third-order valence-corrected chi connectivity index (χ3v) is 3.38. The summed E-state index contributed by atoms with van der Waals surface area (Å²) in [5.41, 5.74) is 6.54. The molecule has 1 aromatic carbocycles. The lowest BCUT2D eigenvalue weighted by molar-refractivity contribution is 0.0536. The second-order valence-electron chi connectivity index (χ2n) is 5.43. The molecule has 0 spiro atoms. The summed E-state index contributed by atoms with van der Waals surface area (Å²) < 4.78 is 5.80. The number of fused-ring (bicyclic) bond motifs is 1. The lowest BCUT2D eigenvalue weighted by Crippen LogP contribution is -2.34. The van der Waals surface area contributed by atoms with Crippen LogP contribution in [0.2, 0.25) is 0 Å². The van der Waals surface area contributed by atoms with Gasteiger partial charge in [0, 0.05) is 17.6 Å². The van der Waals surface area contributed by atoms with E-state index in [4.69, 9.17) is 10.5 Å².